The lowest BCUT2D eigenvalue weighted by molar-refractivity contribution is -0.144. The van der Waals surface area contributed by atoms with Crippen molar-refractivity contribution in [3.8, 4) is 0 Å². The molecule has 2 aliphatic rings. The van der Waals surface area contributed by atoms with E-state index >= 15 is 0 Å². The van der Waals surface area contributed by atoms with E-state index in [0.717, 1.165) is 31.7 Å². The van der Waals surface area contributed by atoms with E-state index in [9.17, 15) is 4.79 Å². The van der Waals surface area contributed by atoms with E-state index in [1.54, 1.807) is 26.4 Å². The molecule has 1 aromatic rings. The summed E-state index contributed by atoms with van der Waals surface area (Å²) in [5.74, 6) is -0.0233. The largest absolute Gasteiger partial charge is 0.412 e. The minimum atomic E-state index is -1.84. The van der Waals surface area contributed by atoms with Crippen LogP contribution in [0.25, 0.3) is 0 Å². The maximum atomic E-state index is 13.2. The number of anilines is 1. The molecule has 1 atom stereocenters. The van der Waals surface area contributed by atoms with E-state index < -0.39 is 14.6 Å². The van der Waals surface area contributed by atoms with Crippen LogP contribution >= 0.6 is 23.2 Å². The predicted octanol–water partition coefficient (Wildman–Crippen LogP) is 6.12. The first-order valence-corrected chi connectivity index (χ1v) is 17.4. The van der Waals surface area contributed by atoms with Gasteiger partial charge in [0.2, 0.25) is 5.91 Å². The van der Waals surface area contributed by atoms with Crippen molar-refractivity contribution in [2.24, 2.45) is 5.41 Å². The van der Waals surface area contributed by atoms with Crippen LogP contribution in [-0.2, 0) is 18.7 Å². The van der Waals surface area contributed by atoms with Crippen molar-refractivity contribution in [2.45, 2.75) is 77.0 Å². The number of nitrogens with one attached hydrogen (secondary N) is 1. The first kappa shape index (κ1) is 31.7. The van der Waals surface area contributed by atoms with Crippen LogP contribution < -0.4 is 5.32 Å². The SMILES string of the molecule is COC(CN(CCCN1CCC2(CC2)[C@H](O[Si](C)(C)C(C)(C)C)C1)C(=O)CNc1ccc(Cl)c(Cl)c1)OC. The van der Waals surface area contributed by atoms with E-state index in [-0.39, 0.29) is 17.5 Å². The van der Waals surface area contributed by atoms with Gasteiger partial charge in [-0.15, -0.1) is 0 Å². The number of hydrogen-bond donors (Lipinski definition) is 1. The number of methoxy groups -OCH3 is 2. The summed E-state index contributed by atoms with van der Waals surface area (Å²) >= 11 is 12.1. The minimum absolute atomic E-state index is 0.0233. The Morgan fingerprint density at radius 3 is 2.45 bits per heavy atom. The fourth-order valence-corrected chi connectivity index (χ4v) is 6.50. The number of likely N-dealkylation sites (tertiary alicyclic amines) is 1. The number of halogens is 2. The van der Waals surface area contributed by atoms with E-state index in [4.69, 9.17) is 37.1 Å². The van der Waals surface area contributed by atoms with Gasteiger partial charge in [-0.3, -0.25) is 4.79 Å². The third kappa shape index (κ3) is 8.32. The second kappa shape index (κ2) is 13.2. The molecule has 38 heavy (non-hydrogen) atoms. The lowest BCUT2D eigenvalue weighted by atomic mass is 9.90. The van der Waals surface area contributed by atoms with Gasteiger partial charge in [0.05, 0.1) is 29.2 Å². The van der Waals surface area contributed by atoms with E-state index in [1.807, 2.05) is 11.0 Å². The fraction of sp³-hybridized carbons (Fsp3) is 0.750. The lowest BCUT2D eigenvalue weighted by Crippen LogP contribution is -2.53. The molecule has 1 N–H and O–H groups in total. The van der Waals surface area contributed by atoms with Crippen LogP contribution in [0.5, 0.6) is 0 Å². The van der Waals surface area contributed by atoms with E-state index in [2.05, 4.69) is 44.1 Å². The van der Waals surface area contributed by atoms with Crippen molar-refractivity contribution < 1.29 is 18.7 Å². The monoisotopic (exact) mass is 587 g/mol. The van der Waals surface area contributed by atoms with Crippen LogP contribution in [0, 0.1) is 5.41 Å². The zero-order chi connectivity index (χ0) is 28.1. The van der Waals surface area contributed by atoms with Gasteiger partial charge in [0, 0.05) is 33.0 Å². The Balaban J connectivity index is 1.56. The predicted molar refractivity (Wildman–Crippen MR) is 159 cm³/mol. The summed E-state index contributed by atoms with van der Waals surface area (Å²) in [6, 6.07) is 5.25. The highest BCUT2D eigenvalue weighted by Crippen LogP contribution is 2.56. The zero-order valence-electron chi connectivity index (χ0n) is 24.2. The molecule has 1 aliphatic carbocycles. The molecule has 1 saturated heterocycles. The Hall–Kier alpha value is -0.873. The second-order valence-electron chi connectivity index (χ2n) is 12.4. The van der Waals surface area contributed by atoms with E-state index in [0.29, 0.717) is 34.7 Å². The molecule has 3 rings (SSSR count). The van der Waals surface area contributed by atoms with Gasteiger partial charge in [0.1, 0.15) is 0 Å². The number of carbonyl (C=O) groups is 1. The van der Waals surface area contributed by atoms with Gasteiger partial charge >= 0.3 is 0 Å². The molecule has 0 unspecified atom stereocenters. The van der Waals surface area contributed by atoms with Gasteiger partial charge in [0.15, 0.2) is 14.6 Å². The Morgan fingerprint density at radius 2 is 1.87 bits per heavy atom. The normalized spacial score (nSPS) is 19.7. The number of hydrogen-bond acceptors (Lipinski definition) is 6. The lowest BCUT2D eigenvalue weighted by Gasteiger charge is -2.46. The van der Waals surface area contributed by atoms with Gasteiger partial charge in [-0.25, -0.2) is 0 Å². The highest BCUT2D eigenvalue weighted by Gasteiger charge is 2.54. The smallest absolute Gasteiger partial charge is 0.242 e. The molecule has 7 nitrogen and oxygen atoms in total. The zero-order valence-corrected chi connectivity index (χ0v) is 26.8. The molecule has 1 saturated carbocycles. The highest BCUT2D eigenvalue weighted by atomic mass is 35.5. The van der Waals surface area contributed by atoms with Crippen LogP contribution in [-0.4, -0.2) is 89.9 Å². The van der Waals surface area contributed by atoms with Gasteiger partial charge in [0.25, 0.3) is 0 Å². The number of amides is 1. The van der Waals surface area contributed by atoms with Gasteiger partial charge in [-0.05, 0) is 80.5 Å². The molecule has 1 aromatic carbocycles. The van der Waals surface area contributed by atoms with Crippen molar-refractivity contribution in [3.63, 3.8) is 0 Å². The maximum Gasteiger partial charge on any atom is 0.242 e. The molecule has 0 aromatic heterocycles. The molecular weight excluding hydrogens is 541 g/mol. The number of piperidine rings is 1. The number of nitrogens with zero attached hydrogens (tertiary/aromatic N) is 2. The number of rotatable bonds is 13. The minimum Gasteiger partial charge on any atom is -0.412 e. The molecule has 1 aliphatic heterocycles. The Kier molecular flexibility index (Phi) is 11.0. The maximum absolute atomic E-state index is 13.2. The number of benzene rings is 1. The summed E-state index contributed by atoms with van der Waals surface area (Å²) in [5.41, 5.74) is 1.15. The fourth-order valence-electron chi connectivity index (χ4n) is 4.82. The van der Waals surface area contributed by atoms with Crippen molar-refractivity contribution >= 4 is 43.1 Å². The molecular formula is C28H47Cl2N3O4Si. The Labute approximate surface area is 240 Å². The molecule has 0 radical (unpaired) electrons. The van der Waals surface area contributed by atoms with E-state index in [1.165, 1.54) is 19.3 Å². The van der Waals surface area contributed by atoms with Crippen molar-refractivity contribution in [2.75, 3.05) is 58.8 Å². The highest BCUT2D eigenvalue weighted by molar-refractivity contribution is 6.74. The summed E-state index contributed by atoms with van der Waals surface area (Å²) in [6.45, 7) is 15.8. The number of ether oxygens (including phenoxy) is 2. The van der Waals surface area contributed by atoms with Gasteiger partial charge in [-0.2, -0.15) is 0 Å². The van der Waals surface area contributed by atoms with Gasteiger partial charge < -0.3 is 29.0 Å². The molecule has 2 fully saturated rings. The Bertz CT molecular complexity index is 935. The third-order valence-corrected chi connectivity index (χ3v) is 13.9. The summed E-state index contributed by atoms with van der Waals surface area (Å²) in [7, 11) is 1.35. The molecule has 10 heteroatoms. The standard InChI is InChI=1S/C28H47Cl2N3O4Si/c1-27(2,3)38(6,7)37-24-19-32(16-13-28(24)11-12-28)14-8-15-33(20-26(35-4)36-5)25(34)18-31-21-9-10-22(29)23(30)17-21/h9-10,17,24,26,31H,8,11-16,18-20H2,1-7H3/t24-/m1/s1. The van der Waals surface area contributed by atoms with Crippen LogP contribution in [0.15, 0.2) is 18.2 Å². The topological polar surface area (TPSA) is 63.3 Å². The molecule has 216 valence electrons. The summed E-state index contributed by atoms with van der Waals surface area (Å²) in [4.78, 5) is 17.5. The second-order valence-corrected chi connectivity index (χ2v) is 17.9. The van der Waals surface area contributed by atoms with Crippen molar-refractivity contribution in [1.82, 2.24) is 9.80 Å². The first-order valence-electron chi connectivity index (χ1n) is 13.7. The molecule has 1 amide bonds. The number of carbonyl (C=O) groups excluding carboxylic acids is 1. The first-order chi connectivity index (χ1) is 17.8. The summed E-state index contributed by atoms with van der Waals surface area (Å²) in [6.07, 6.45) is 4.51. The van der Waals surface area contributed by atoms with Crippen molar-refractivity contribution in [3.05, 3.63) is 28.2 Å². The molecule has 1 heterocycles. The van der Waals surface area contributed by atoms with Gasteiger partial charge in [-0.1, -0.05) is 44.0 Å². The summed E-state index contributed by atoms with van der Waals surface area (Å²) in [5, 5.41) is 4.29. The summed E-state index contributed by atoms with van der Waals surface area (Å²) < 4.78 is 17.8. The molecule has 1 spiro atoms. The quantitative estimate of drug-likeness (QED) is 0.221. The van der Waals surface area contributed by atoms with Crippen LogP contribution in [0.1, 0.15) is 46.5 Å². The Morgan fingerprint density at radius 1 is 1.18 bits per heavy atom. The van der Waals surface area contributed by atoms with Crippen LogP contribution in [0.4, 0.5) is 5.69 Å². The molecule has 0 bridgehead atoms. The van der Waals surface area contributed by atoms with Crippen LogP contribution in [0.2, 0.25) is 28.2 Å². The van der Waals surface area contributed by atoms with Crippen LogP contribution in [0.3, 0.4) is 0 Å². The third-order valence-electron chi connectivity index (χ3n) is 8.68. The van der Waals surface area contributed by atoms with Crippen molar-refractivity contribution in [1.29, 1.82) is 0 Å². The average molecular weight is 589 g/mol. The average Bonchev–Trinajstić information content (AvgIpc) is 3.63.